The Balaban J connectivity index is 1.50. The van der Waals surface area contributed by atoms with Crippen LogP contribution in [0.1, 0.15) is 51.2 Å². The van der Waals surface area contributed by atoms with E-state index in [2.05, 4.69) is 18.8 Å². The number of hydrogen-bond acceptors (Lipinski definition) is 8. The van der Waals surface area contributed by atoms with Gasteiger partial charge in [0.05, 0.1) is 18.1 Å². The molecule has 0 aromatic heterocycles. The van der Waals surface area contributed by atoms with Crippen molar-refractivity contribution in [3.8, 4) is 17.6 Å². The first-order chi connectivity index (χ1) is 17.5. The standard InChI is InChI=1S/C28H34O8S/c1-5-6-7-18-32-22-12-10-21(11-13-22)16-17-28(29)24(34-26-25(28)35-27(3,4)36-26)19-33-37(30,31)23-14-8-20(2)9-15-23/h8-15,24-26,29H,5-7,18-19H2,1-4H3/t24?,25?,26-,28-/m1/s1. The van der Waals surface area contributed by atoms with Gasteiger partial charge in [0.25, 0.3) is 10.1 Å². The second-order valence-electron chi connectivity index (χ2n) is 9.76. The van der Waals surface area contributed by atoms with Crippen molar-refractivity contribution >= 4 is 10.1 Å². The normalized spacial score (nSPS) is 26.4. The number of aryl methyl sites for hydroxylation is 1. The zero-order valence-electron chi connectivity index (χ0n) is 21.6. The molecule has 0 saturated carbocycles. The Hall–Kier alpha value is -2.45. The lowest BCUT2D eigenvalue weighted by molar-refractivity contribution is -0.224. The van der Waals surface area contributed by atoms with Crippen molar-refractivity contribution in [3.05, 3.63) is 59.7 Å². The monoisotopic (exact) mass is 530 g/mol. The number of benzene rings is 2. The molecule has 8 nitrogen and oxygen atoms in total. The number of fused-ring (bicyclic) bond motifs is 1. The minimum Gasteiger partial charge on any atom is -0.494 e. The van der Waals surface area contributed by atoms with Crippen molar-refractivity contribution in [3.63, 3.8) is 0 Å². The molecule has 0 aliphatic carbocycles. The summed E-state index contributed by atoms with van der Waals surface area (Å²) in [5.74, 6) is 5.56. The zero-order chi connectivity index (χ0) is 26.7. The second-order valence-corrected chi connectivity index (χ2v) is 11.4. The SMILES string of the molecule is CCCCCOc1ccc(C#C[C@@]2(O)C(COS(=O)(=O)c3ccc(C)cc3)O[C@@H]3OC(C)(C)OC32)cc1. The highest BCUT2D eigenvalue weighted by Gasteiger charge is 2.63. The topological polar surface area (TPSA) is 101 Å². The van der Waals surface area contributed by atoms with Crippen LogP contribution in [0.15, 0.2) is 53.4 Å². The molecule has 9 heteroatoms. The maximum absolute atomic E-state index is 12.7. The van der Waals surface area contributed by atoms with Crippen molar-refractivity contribution < 1.29 is 36.7 Å². The Bertz CT molecular complexity index is 1230. The molecule has 1 N–H and O–H groups in total. The summed E-state index contributed by atoms with van der Waals surface area (Å²) in [5, 5.41) is 11.6. The van der Waals surface area contributed by atoms with E-state index in [9.17, 15) is 13.5 Å². The summed E-state index contributed by atoms with van der Waals surface area (Å²) in [6, 6.07) is 13.5. The van der Waals surface area contributed by atoms with E-state index in [1.807, 2.05) is 19.1 Å². The average molecular weight is 531 g/mol. The van der Waals surface area contributed by atoms with Crippen molar-refractivity contribution in [1.82, 2.24) is 0 Å². The highest BCUT2D eigenvalue weighted by atomic mass is 32.2. The van der Waals surface area contributed by atoms with Gasteiger partial charge in [-0.1, -0.05) is 49.3 Å². The number of rotatable bonds is 9. The quantitative estimate of drug-likeness (QED) is 0.296. The van der Waals surface area contributed by atoms with Gasteiger partial charge < -0.3 is 24.1 Å². The molecule has 2 unspecified atom stereocenters. The van der Waals surface area contributed by atoms with E-state index in [4.69, 9.17) is 23.1 Å². The fourth-order valence-electron chi connectivity index (χ4n) is 4.17. The van der Waals surface area contributed by atoms with Gasteiger partial charge in [-0.3, -0.25) is 4.18 Å². The van der Waals surface area contributed by atoms with Gasteiger partial charge in [0.2, 0.25) is 0 Å². The lowest BCUT2D eigenvalue weighted by Crippen LogP contribution is -2.49. The molecule has 4 rings (SSSR count). The molecule has 0 amide bonds. The van der Waals surface area contributed by atoms with Gasteiger partial charge in [0.15, 0.2) is 23.8 Å². The van der Waals surface area contributed by atoms with Crippen molar-refractivity contribution in [1.29, 1.82) is 0 Å². The van der Waals surface area contributed by atoms with E-state index in [0.29, 0.717) is 12.2 Å². The van der Waals surface area contributed by atoms with Crippen LogP contribution in [-0.4, -0.2) is 56.6 Å². The van der Waals surface area contributed by atoms with Gasteiger partial charge >= 0.3 is 0 Å². The maximum atomic E-state index is 12.7. The van der Waals surface area contributed by atoms with Crippen molar-refractivity contribution in [2.75, 3.05) is 13.2 Å². The Labute approximate surface area is 219 Å². The van der Waals surface area contributed by atoms with E-state index in [1.165, 1.54) is 12.1 Å². The van der Waals surface area contributed by atoms with Crippen molar-refractivity contribution in [2.24, 2.45) is 0 Å². The molecule has 2 fully saturated rings. The van der Waals surface area contributed by atoms with E-state index in [-0.39, 0.29) is 4.90 Å². The number of unbranched alkanes of at least 4 members (excludes halogenated alkanes) is 2. The molecule has 0 bridgehead atoms. The van der Waals surface area contributed by atoms with E-state index in [1.54, 1.807) is 38.1 Å². The minimum atomic E-state index is -4.08. The van der Waals surface area contributed by atoms with Crippen LogP contribution in [0.2, 0.25) is 0 Å². The number of ether oxygens (including phenoxy) is 4. The van der Waals surface area contributed by atoms with Crippen LogP contribution in [0.5, 0.6) is 5.75 Å². The maximum Gasteiger partial charge on any atom is 0.297 e. The predicted octanol–water partition coefficient (Wildman–Crippen LogP) is 3.93. The first kappa shape index (κ1) is 27.6. The Kier molecular flexibility index (Phi) is 8.29. The molecular weight excluding hydrogens is 496 g/mol. The number of aliphatic hydroxyl groups is 1. The van der Waals surface area contributed by atoms with Crippen molar-refractivity contribution in [2.45, 2.75) is 81.7 Å². The average Bonchev–Trinajstić information content (AvgIpc) is 3.30. The molecule has 2 saturated heterocycles. The molecule has 2 heterocycles. The summed E-state index contributed by atoms with van der Waals surface area (Å²) >= 11 is 0. The van der Waals surface area contributed by atoms with Gasteiger partial charge in [-0.15, -0.1) is 0 Å². The first-order valence-corrected chi connectivity index (χ1v) is 13.9. The summed E-state index contributed by atoms with van der Waals surface area (Å²) in [6.07, 6.45) is 0.229. The lowest BCUT2D eigenvalue weighted by Gasteiger charge is -2.29. The molecule has 0 radical (unpaired) electrons. The third kappa shape index (κ3) is 6.52. The molecular formula is C28H34O8S. The second kappa shape index (κ2) is 11.1. The molecule has 2 aromatic carbocycles. The highest BCUT2D eigenvalue weighted by Crippen LogP contribution is 2.43. The third-order valence-electron chi connectivity index (χ3n) is 6.24. The molecule has 2 aliphatic heterocycles. The molecule has 0 spiro atoms. The largest absolute Gasteiger partial charge is 0.494 e. The van der Waals surface area contributed by atoms with E-state index < -0.39 is 46.6 Å². The van der Waals surface area contributed by atoms with E-state index in [0.717, 1.165) is 30.6 Å². The third-order valence-corrected chi connectivity index (χ3v) is 7.54. The van der Waals surface area contributed by atoms with Crippen LogP contribution in [0, 0.1) is 18.8 Å². The van der Waals surface area contributed by atoms with E-state index >= 15 is 0 Å². The van der Waals surface area contributed by atoms with Crippen LogP contribution in [-0.2, 0) is 28.5 Å². The van der Waals surface area contributed by atoms with Crippen LogP contribution in [0.4, 0.5) is 0 Å². The molecule has 2 aromatic rings. The Morgan fingerprint density at radius 3 is 2.41 bits per heavy atom. The summed E-state index contributed by atoms with van der Waals surface area (Å²) in [4.78, 5) is 0.0107. The van der Waals surface area contributed by atoms with Crippen LogP contribution in [0.25, 0.3) is 0 Å². The Morgan fingerprint density at radius 2 is 1.73 bits per heavy atom. The van der Waals surface area contributed by atoms with Crippen LogP contribution < -0.4 is 4.74 Å². The van der Waals surface area contributed by atoms with Gasteiger partial charge in [-0.05, 0) is 63.6 Å². The lowest BCUT2D eigenvalue weighted by atomic mass is 9.93. The fourth-order valence-corrected chi connectivity index (χ4v) is 5.08. The number of hydrogen-bond donors (Lipinski definition) is 1. The van der Waals surface area contributed by atoms with Gasteiger partial charge in [-0.25, -0.2) is 0 Å². The van der Waals surface area contributed by atoms with Crippen LogP contribution >= 0.6 is 0 Å². The van der Waals surface area contributed by atoms with Crippen LogP contribution in [0.3, 0.4) is 0 Å². The summed E-state index contributed by atoms with van der Waals surface area (Å²) in [7, 11) is -4.08. The molecule has 200 valence electrons. The van der Waals surface area contributed by atoms with Gasteiger partial charge in [0, 0.05) is 5.56 Å². The van der Waals surface area contributed by atoms with Gasteiger partial charge in [-0.2, -0.15) is 8.42 Å². The molecule has 4 atom stereocenters. The summed E-state index contributed by atoms with van der Waals surface area (Å²) in [5.41, 5.74) is -0.317. The zero-order valence-corrected chi connectivity index (χ0v) is 22.4. The summed E-state index contributed by atoms with van der Waals surface area (Å²) < 4.78 is 53.9. The first-order valence-electron chi connectivity index (χ1n) is 12.5. The summed E-state index contributed by atoms with van der Waals surface area (Å²) in [6.45, 7) is 7.59. The predicted molar refractivity (Wildman–Crippen MR) is 136 cm³/mol. The fraction of sp³-hybridized carbons (Fsp3) is 0.500. The highest BCUT2D eigenvalue weighted by molar-refractivity contribution is 7.86. The smallest absolute Gasteiger partial charge is 0.297 e. The molecule has 2 aliphatic rings. The van der Waals surface area contributed by atoms with Gasteiger partial charge in [0.1, 0.15) is 11.9 Å². The minimum absolute atomic E-state index is 0.0107. The molecule has 37 heavy (non-hydrogen) atoms. The Morgan fingerprint density at radius 1 is 1.03 bits per heavy atom.